The van der Waals surface area contributed by atoms with Crippen molar-refractivity contribution in [2.24, 2.45) is 0 Å². The van der Waals surface area contributed by atoms with E-state index >= 15 is 0 Å². The highest BCUT2D eigenvalue weighted by molar-refractivity contribution is 6.08. The molecule has 0 aliphatic carbocycles. The van der Waals surface area contributed by atoms with Gasteiger partial charge >= 0.3 is 0 Å². The molecule has 1 N–H and O–H groups in total. The van der Waals surface area contributed by atoms with Gasteiger partial charge in [-0.3, -0.25) is 9.59 Å². The van der Waals surface area contributed by atoms with Gasteiger partial charge in [0.15, 0.2) is 12.4 Å². The smallest absolute Gasteiger partial charge is 0.258 e. The number of amides is 1. The van der Waals surface area contributed by atoms with Gasteiger partial charge in [-0.25, -0.2) is 0 Å². The minimum Gasteiger partial charge on any atom is -0.496 e. The molecule has 3 rings (SSSR count). The number of hydrogen-bond acceptors (Lipinski definition) is 5. The molecule has 166 valence electrons. The van der Waals surface area contributed by atoms with Gasteiger partial charge in [0.25, 0.3) is 5.91 Å². The number of carbonyl (C=O) groups excluding carboxylic acids is 2. The maximum absolute atomic E-state index is 12.5. The third-order valence-corrected chi connectivity index (χ3v) is 5.14. The molecule has 1 atom stereocenters. The zero-order chi connectivity index (χ0) is 22.9. The maximum Gasteiger partial charge on any atom is 0.258 e. The van der Waals surface area contributed by atoms with Crippen LogP contribution in [0.4, 0.5) is 0 Å². The Morgan fingerprint density at radius 1 is 0.875 bits per heavy atom. The molecule has 0 fully saturated rings. The fourth-order valence-corrected chi connectivity index (χ4v) is 3.38. The first kappa shape index (κ1) is 23.0. The largest absolute Gasteiger partial charge is 0.496 e. The Morgan fingerprint density at radius 2 is 1.50 bits per heavy atom. The monoisotopic (exact) mass is 432 g/mol. The first-order valence-corrected chi connectivity index (χ1v) is 10.4. The number of benzene rings is 3. The van der Waals surface area contributed by atoms with E-state index in [4.69, 9.17) is 9.47 Å². The fraction of sp³-hybridized carbons (Fsp3) is 0.231. The minimum atomic E-state index is -0.226. The number of nitrogens with zero attached hydrogens (tertiary/aromatic N) is 1. The van der Waals surface area contributed by atoms with E-state index in [1.54, 1.807) is 43.5 Å². The second-order valence-corrected chi connectivity index (χ2v) is 7.53. The molecular formula is C26H28N2O4. The number of rotatable bonds is 10. The average Bonchev–Trinajstić information content (AvgIpc) is 2.83. The van der Waals surface area contributed by atoms with Crippen molar-refractivity contribution in [3.63, 3.8) is 0 Å². The summed E-state index contributed by atoms with van der Waals surface area (Å²) in [5.41, 5.74) is 2.20. The van der Waals surface area contributed by atoms with Crippen LogP contribution in [0.5, 0.6) is 11.5 Å². The van der Waals surface area contributed by atoms with Crippen LogP contribution in [0.25, 0.3) is 0 Å². The summed E-state index contributed by atoms with van der Waals surface area (Å²) in [5, 5.41) is 2.92. The van der Waals surface area contributed by atoms with Crippen molar-refractivity contribution in [1.82, 2.24) is 10.2 Å². The highest BCUT2D eigenvalue weighted by Gasteiger charge is 2.19. The fourth-order valence-electron chi connectivity index (χ4n) is 3.38. The molecule has 0 spiro atoms. The lowest BCUT2D eigenvalue weighted by molar-refractivity contribution is -0.123. The van der Waals surface area contributed by atoms with Crippen LogP contribution in [0.3, 0.4) is 0 Å². The number of methoxy groups -OCH3 is 1. The number of likely N-dealkylation sites (N-methyl/N-ethyl adjacent to an activating group) is 1. The number of para-hydroxylation sites is 1. The molecule has 3 aromatic rings. The highest BCUT2D eigenvalue weighted by Crippen LogP contribution is 2.27. The summed E-state index contributed by atoms with van der Waals surface area (Å²) < 4.78 is 11.0. The van der Waals surface area contributed by atoms with Crippen molar-refractivity contribution < 1.29 is 19.1 Å². The summed E-state index contributed by atoms with van der Waals surface area (Å²) >= 11 is 0. The first-order chi connectivity index (χ1) is 15.5. The molecule has 0 aliphatic heterocycles. The summed E-state index contributed by atoms with van der Waals surface area (Å²) in [6.07, 6.45) is 0. The first-order valence-electron chi connectivity index (χ1n) is 10.4. The van der Waals surface area contributed by atoms with Gasteiger partial charge < -0.3 is 19.7 Å². The van der Waals surface area contributed by atoms with Crippen molar-refractivity contribution in [2.45, 2.75) is 6.04 Å². The van der Waals surface area contributed by atoms with Gasteiger partial charge in [0.1, 0.15) is 11.5 Å². The lowest BCUT2D eigenvalue weighted by Gasteiger charge is -2.26. The van der Waals surface area contributed by atoms with Gasteiger partial charge in [-0.15, -0.1) is 0 Å². The quantitative estimate of drug-likeness (QED) is 0.495. The lowest BCUT2D eigenvalue weighted by atomic mass is 10.0. The second-order valence-electron chi connectivity index (χ2n) is 7.53. The molecule has 0 aromatic heterocycles. The van der Waals surface area contributed by atoms with Crippen LogP contribution >= 0.6 is 0 Å². The standard InChI is InChI=1S/C26H28N2O4/c1-28(2)23(22-11-7-8-12-24(22)31-3)17-27-25(29)18-32-21-15-13-20(14-16-21)26(30)19-9-5-4-6-10-19/h4-16,23H,17-18H2,1-3H3,(H,27,29)/t23-/m1/s1. The lowest BCUT2D eigenvalue weighted by Crippen LogP contribution is -2.37. The summed E-state index contributed by atoms with van der Waals surface area (Å²) in [7, 11) is 5.55. The van der Waals surface area contributed by atoms with Gasteiger partial charge in [-0.2, -0.15) is 0 Å². The summed E-state index contributed by atoms with van der Waals surface area (Å²) in [5.74, 6) is 1.03. The van der Waals surface area contributed by atoms with E-state index in [1.165, 1.54) is 0 Å². The SMILES string of the molecule is COc1ccccc1[C@@H](CNC(=O)COc1ccc(C(=O)c2ccccc2)cc1)N(C)C. The van der Waals surface area contributed by atoms with Crippen LogP contribution < -0.4 is 14.8 Å². The van der Waals surface area contributed by atoms with E-state index in [-0.39, 0.29) is 24.3 Å². The summed E-state index contributed by atoms with van der Waals surface area (Å²) in [6, 6.07) is 23.6. The molecule has 32 heavy (non-hydrogen) atoms. The van der Waals surface area contributed by atoms with Gasteiger partial charge in [0, 0.05) is 23.2 Å². The molecule has 3 aromatic carbocycles. The summed E-state index contributed by atoms with van der Waals surface area (Å²) in [6.45, 7) is 0.304. The van der Waals surface area contributed by atoms with E-state index in [1.807, 2.05) is 61.5 Å². The Bertz CT molecular complexity index is 1030. The maximum atomic E-state index is 12.5. The van der Waals surface area contributed by atoms with E-state index in [0.29, 0.717) is 23.4 Å². The molecule has 1 amide bonds. The number of ketones is 1. The van der Waals surface area contributed by atoms with Crippen LogP contribution in [0.15, 0.2) is 78.9 Å². The summed E-state index contributed by atoms with van der Waals surface area (Å²) in [4.78, 5) is 26.9. The minimum absolute atomic E-state index is 0.0432. The van der Waals surface area contributed by atoms with E-state index in [9.17, 15) is 9.59 Å². The molecule has 6 heteroatoms. The van der Waals surface area contributed by atoms with Crippen molar-refractivity contribution in [1.29, 1.82) is 0 Å². The van der Waals surface area contributed by atoms with Crippen LogP contribution in [0.1, 0.15) is 27.5 Å². The van der Waals surface area contributed by atoms with Crippen molar-refractivity contribution in [3.05, 3.63) is 95.6 Å². The Morgan fingerprint density at radius 3 is 2.16 bits per heavy atom. The Labute approximate surface area is 188 Å². The molecule has 0 saturated heterocycles. The third-order valence-electron chi connectivity index (χ3n) is 5.14. The van der Waals surface area contributed by atoms with E-state index < -0.39 is 0 Å². The molecule has 0 unspecified atom stereocenters. The zero-order valence-electron chi connectivity index (χ0n) is 18.6. The molecule has 0 aliphatic rings. The van der Waals surface area contributed by atoms with Gasteiger partial charge in [0.05, 0.1) is 13.2 Å². The highest BCUT2D eigenvalue weighted by atomic mass is 16.5. The van der Waals surface area contributed by atoms with Crippen molar-refractivity contribution in [3.8, 4) is 11.5 Å². The predicted molar refractivity (Wildman–Crippen MR) is 124 cm³/mol. The Kier molecular flexibility index (Phi) is 8.00. The van der Waals surface area contributed by atoms with Crippen LogP contribution in [0.2, 0.25) is 0 Å². The number of carbonyl (C=O) groups is 2. The van der Waals surface area contributed by atoms with Gasteiger partial charge in [0.2, 0.25) is 0 Å². The average molecular weight is 433 g/mol. The molecule has 0 saturated carbocycles. The number of hydrogen-bond donors (Lipinski definition) is 1. The number of nitrogens with one attached hydrogen (secondary N) is 1. The molecule has 6 nitrogen and oxygen atoms in total. The molecular weight excluding hydrogens is 404 g/mol. The second kappa shape index (κ2) is 11.1. The van der Waals surface area contributed by atoms with Gasteiger partial charge in [-0.05, 0) is 44.4 Å². The van der Waals surface area contributed by atoms with Crippen molar-refractivity contribution >= 4 is 11.7 Å². The Hall–Kier alpha value is -3.64. The third kappa shape index (κ3) is 5.95. The van der Waals surface area contributed by atoms with E-state index in [2.05, 4.69) is 5.32 Å². The normalized spacial score (nSPS) is 11.6. The Balaban J connectivity index is 1.53. The molecule has 0 radical (unpaired) electrons. The zero-order valence-corrected chi connectivity index (χ0v) is 18.6. The van der Waals surface area contributed by atoms with Crippen molar-refractivity contribution in [2.75, 3.05) is 34.4 Å². The number of ether oxygens (including phenoxy) is 2. The van der Waals surface area contributed by atoms with Crippen LogP contribution in [0, 0.1) is 0 Å². The van der Waals surface area contributed by atoms with Crippen LogP contribution in [-0.2, 0) is 4.79 Å². The molecule has 0 bridgehead atoms. The van der Waals surface area contributed by atoms with Crippen LogP contribution in [-0.4, -0.2) is 50.9 Å². The topological polar surface area (TPSA) is 67.9 Å². The predicted octanol–water partition coefficient (Wildman–Crippen LogP) is 3.72. The van der Waals surface area contributed by atoms with E-state index in [0.717, 1.165) is 11.3 Å². The molecule has 0 heterocycles. The van der Waals surface area contributed by atoms with Gasteiger partial charge in [-0.1, -0.05) is 48.5 Å².